The molecule has 2 atom stereocenters. The lowest BCUT2D eigenvalue weighted by molar-refractivity contribution is -0.142. The van der Waals surface area contributed by atoms with Gasteiger partial charge in [-0.05, 0) is 23.7 Å². The van der Waals surface area contributed by atoms with Crippen molar-refractivity contribution in [2.45, 2.75) is 40.5 Å². The second-order valence-corrected chi connectivity index (χ2v) is 7.10. The Labute approximate surface area is 108 Å². The lowest BCUT2D eigenvalue weighted by atomic mass is 9.82. The summed E-state index contributed by atoms with van der Waals surface area (Å²) in [7, 11) is 0. The Morgan fingerprint density at radius 2 is 1.56 bits per heavy atom. The summed E-state index contributed by atoms with van der Waals surface area (Å²) in [4.78, 5) is 25.3. The Morgan fingerprint density at radius 1 is 1.06 bits per heavy atom. The highest BCUT2D eigenvalue weighted by Gasteiger charge is 2.66. The molecule has 0 spiro atoms. The second-order valence-electron chi connectivity index (χ2n) is 7.10. The van der Waals surface area contributed by atoms with Crippen LogP contribution in [0.3, 0.4) is 0 Å². The second kappa shape index (κ2) is 3.97. The average Bonchev–Trinajstić information content (AvgIpc) is 2.80. The van der Waals surface area contributed by atoms with Crippen LogP contribution in [0, 0.1) is 22.7 Å². The first-order chi connectivity index (χ1) is 8.17. The molecule has 2 fully saturated rings. The summed E-state index contributed by atoms with van der Waals surface area (Å²) < 4.78 is 0. The number of hydrogen-bond acceptors (Lipinski definition) is 2. The van der Waals surface area contributed by atoms with Crippen LogP contribution in [0.2, 0.25) is 0 Å². The summed E-state index contributed by atoms with van der Waals surface area (Å²) >= 11 is 0. The van der Waals surface area contributed by atoms with Crippen LogP contribution in [-0.4, -0.2) is 35.0 Å². The van der Waals surface area contributed by atoms with Crippen LogP contribution < -0.4 is 0 Å². The maximum atomic E-state index is 12.4. The van der Waals surface area contributed by atoms with Crippen LogP contribution >= 0.6 is 0 Å². The van der Waals surface area contributed by atoms with E-state index in [1.54, 1.807) is 0 Å². The molecule has 1 saturated heterocycles. The van der Waals surface area contributed by atoms with Gasteiger partial charge in [0.2, 0.25) is 5.91 Å². The van der Waals surface area contributed by atoms with Gasteiger partial charge in [-0.1, -0.05) is 27.7 Å². The first kappa shape index (κ1) is 13.4. The molecule has 4 nitrogen and oxygen atoms in total. The van der Waals surface area contributed by atoms with Crippen LogP contribution in [-0.2, 0) is 9.59 Å². The molecule has 2 aliphatic rings. The number of likely N-dealkylation sites (tertiary alicyclic amines) is 1. The fourth-order valence-electron chi connectivity index (χ4n) is 3.09. The van der Waals surface area contributed by atoms with Crippen molar-refractivity contribution in [3.05, 3.63) is 0 Å². The number of amides is 1. The lowest BCUT2D eigenvalue weighted by Crippen LogP contribution is -2.42. The van der Waals surface area contributed by atoms with E-state index in [1.165, 1.54) is 0 Å². The molecule has 1 aliphatic carbocycles. The molecule has 0 aromatic rings. The Morgan fingerprint density at radius 3 is 1.94 bits per heavy atom. The third kappa shape index (κ3) is 2.13. The predicted octanol–water partition coefficient (Wildman–Crippen LogP) is 1.99. The van der Waals surface area contributed by atoms with Gasteiger partial charge in [-0.3, -0.25) is 9.59 Å². The van der Waals surface area contributed by atoms with Crippen LogP contribution in [0.15, 0.2) is 0 Å². The van der Waals surface area contributed by atoms with Crippen LogP contribution in [0.5, 0.6) is 0 Å². The lowest BCUT2D eigenvalue weighted by Gasteiger charge is -2.37. The van der Waals surface area contributed by atoms with Crippen molar-refractivity contribution in [2.24, 2.45) is 22.7 Å². The van der Waals surface area contributed by atoms with E-state index in [0.29, 0.717) is 5.41 Å². The van der Waals surface area contributed by atoms with Gasteiger partial charge in [0.25, 0.3) is 0 Å². The molecule has 102 valence electrons. The molecule has 1 aliphatic heterocycles. The molecule has 0 radical (unpaired) electrons. The molecule has 0 aromatic carbocycles. The highest BCUT2D eigenvalue weighted by molar-refractivity contribution is 5.91. The van der Waals surface area contributed by atoms with Crippen LogP contribution in [0.4, 0.5) is 0 Å². The van der Waals surface area contributed by atoms with Gasteiger partial charge >= 0.3 is 5.97 Å². The van der Waals surface area contributed by atoms with Gasteiger partial charge in [0.1, 0.15) is 0 Å². The van der Waals surface area contributed by atoms with E-state index in [1.807, 2.05) is 18.7 Å². The topological polar surface area (TPSA) is 57.6 Å². The third-order valence-corrected chi connectivity index (χ3v) is 4.79. The number of carbonyl (C=O) groups is 2. The first-order valence-corrected chi connectivity index (χ1v) is 6.68. The zero-order valence-corrected chi connectivity index (χ0v) is 11.7. The van der Waals surface area contributed by atoms with E-state index in [9.17, 15) is 9.59 Å². The van der Waals surface area contributed by atoms with Gasteiger partial charge < -0.3 is 10.0 Å². The van der Waals surface area contributed by atoms with Crippen LogP contribution in [0.1, 0.15) is 40.5 Å². The summed E-state index contributed by atoms with van der Waals surface area (Å²) in [5.74, 6) is -1.62. The Hall–Kier alpha value is -1.06. The summed E-state index contributed by atoms with van der Waals surface area (Å²) in [6.07, 6.45) is 2.01. The number of hydrogen-bond donors (Lipinski definition) is 1. The van der Waals surface area contributed by atoms with Gasteiger partial charge in [0.15, 0.2) is 0 Å². The van der Waals surface area contributed by atoms with E-state index in [4.69, 9.17) is 5.11 Å². The quantitative estimate of drug-likeness (QED) is 0.818. The fraction of sp³-hybridized carbons (Fsp3) is 0.857. The zero-order valence-electron chi connectivity index (χ0n) is 11.7. The number of aliphatic carboxylic acids is 1. The molecular weight excluding hydrogens is 230 g/mol. The highest BCUT2D eigenvalue weighted by Crippen LogP contribution is 2.59. The van der Waals surface area contributed by atoms with E-state index in [2.05, 4.69) is 13.8 Å². The van der Waals surface area contributed by atoms with Gasteiger partial charge in [0, 0.05) is 13.1 Å². The number of carbonyl (C=O) groups excluding carboxylic acids is 1. The number of carboxylic acids is 1. The number of piperidine rings is 1. The van der Waals surface area contributed by atoms with E-state index < -0.39 is 11.9 Å². The van der Waals surface area contributed by atoms with Gasteiger partial charge in [-0.15, -0.1) is 0 Å². The third-order valence-electron chi connectivity index (χ3n) is 4.79. The number of rotatable bonds is 2. The highest BCUT2D eigenvalue weighted by atomic mass is 16.4. The summed E-state index contributed by atoms with van der Waals surface area (Å²) in [5, 5.41) is 9.12. The van der Waals surface area contributed by atoms with Crippen molar-refractivity contribution in [3.8, 4) is 0 Å². The predicted molar refractivity (Wildman–Crippen MR) is 68.0 cm³/mol. The Balaban J connectivity index is 2.00. The smallest absolute Gasteiger partial charge is 0.307 e. The van der Waals surface area contributed by atoms with Crippen molar-refractivity contribution in [2.75, 3.05) is 13.1 Å². The normalized spacial score (nSPS) is 33.0. The van der Waals surface area contributed by atoms with Crippen molar-refractivity contribution in [1.29, 1.82) is 0 Å². The van der Waals surface area contributed by atoms with Gasteiger partial charge in [0.05, 0.1) is 11.8 Å². The monoisotopic (exact) mass is 253 g/mol. The number of nitrogens with zero attached hydrogens (tertiary/aromatic N) is 1. The first-order valence-electron chi connectivity index (χ1n) is 6.68. The van der Waals surface area contributed by atoms with Gasteiger partial charge in [-0.2, -0.15) is 0 Å². The molecule has 0 unspecified atom stereocenters. The summed E-state index contributed by atoms with van der Waals surface area (Å²) in [6, 6.07) is 0. The standard InChI is InChI=1S/C14H23NO3/c1-13(2)5-7-15(8-6-13)11(16)9-10(12(17)18)14(9,3)4/h9-10H,5-8H2,1-4H3,(H,17,18)/t9-,10+/m1/s1. The molecule has 0 aromatic heterocycles. The molecule has 4 heteroatoms. The molecule has 0 bridgehead atoms. The Bertz CT molecular complexity index is 377. The molecule has 1 amide bonds. The van der Waals surface area contributed by atoms with Crippen molar-refractivity contribution in [3.63, 3.8) is 0 Å². The largest absolute Gasteiger partial charge is 0.481 e. The molecule has 18 heavy (non-hydrogen) atoms. The number of carboxylic acid groups (broad SMARTS) is 1. The molecular formula is C14H23NO3. The molecule has 1 N–H and O–H groups in total. The Kier molecular flexibility index (Phi) is 2.95. The van der Waals surface area contributed by atoms with Crippen molar-refractivity contribution in [1.82, 2.24) is 4.90 Å². The minimum atomic E-state index is -0.837. The van der Waals surface area contributed by atoms with Crippen LogP contribution in [0.25, 0.3) is 0 Å². The summed E-state index contributed by atoms with van der Waals surface area (Å²) in [6.45, 7) is 9.73. The zero-order chi connectivity index (χ0) is 13.7. The minimum Gasteiger partial charge on any atom is -0.481 e. The van der Waals surface area contributed by atoms with Gasteiger partial charge in [-0.25, -0.2) is 0 Å². The molecule has 1 saturated carbocycles. The maximum absolute atomic E-state index is 12.4. The molecule has 1 heterocycles. The average molecular weight is 253 g/mol. The van der Waals surface area contributed by atoms with Crippen molar-refractivity contribution >= 4 is 11.9 Å². The summed E-state index contributed by atoms with van der Waals surface area (Å²) in [5.41, 5.74) is -0.0715. The van der Waals surface area contributed by atoms with Crippen molar-refractivity contribution < 1.29 is 14.7 Å². The SMILES string of the molecule is CC1(C)CCN(C(=O)[C@H]2[C@@H](C(=O)O)C2(C)C)CC1. The molecule has 2 rings (SSSR count). The minimum absolute atomic E-state index is 0.0444. The maximum Gasteiger partial charge on any atom is 0.307 e. The van der Waals surface area contributed by atoms with E-state index in [0.717, 1.165) is 25.9 Å². The fourth-order valence-corrected chi connectivity index (χ4v) is 3.09. The van der Waals surface area contributed by atoms with E-state index >= 15 is 0 Å². The van der Waals surface area contributed by atoms with E-state index in [-0.39, 0.29) is 17.2 Å².